The zero-order chi connectivity index (χ0) is 24.5. The van der Waals surface area contributed by atoms with Gasteiger partial charge in [-0.25, -0.2) is 24.7 Å². The average Bonchev–Trinajstić information content (AvgIpc) is 2.79. The van der Waals surface area contributed by atoms with Crippen LogP contribution in [0.5, 0.6) is 0 Å². The minimum absolute atomic E-state index is 0.118. The van der Waals surface area contributed by atoms with Crippen molar-refractivity contribution < 1.29 is 27.8 Å². The topological polar surface area (TPSA) is 110 Å². The van der Waals surface area contributed by atoms with Gasteiger partial charge in [-0.1, -0.05) is 11.6 Å². The van der Waals surface area contributed by atoms with E-state index in [9.17, 15) is 23.1 Å². The highest BCUT2D eigenvalue weighted by Gasteiger charge is 2.30. The summed E-state index contributed by atoms with van der Waals surface area (Å²) in [5.41, 5.74) is 1.16. The third-order valence-corrected chi connectivity index (χ3v) is 4.97. The second-order valence-electron chi connectivity index (χ2n) is 7.05. The number of nitrogens with zero attached hydrogens (tertiary/aromatic N) is 4. The lowest BCUT2D eigenvalue weighted by molar-refractivity contribution is -0.137. The number of carboxylic acids is 1. The first-order valence-electron chi connectivity index (χ1n) is 9.66. The van der Waals surface area contributed by atoms with Gasteiger partial charge in [0.1, 0.15) is 22.6 Å². The van der Waals surface area contributed by atoms with E-state index in [1.165, 1.54) is 37.6 Å². The fourth-order valence-corrected chi connectivity index (χ4v) is 3.32. The van der Waals surface area contributed by atoms with Crippen LogP contribution in [0.3, 0.4) is 0 Å². The van der Waals surface area contributed by atoms with Crippen molar-refractivity contribution in [3.05, 3.63) is 70.6 Å². The number of aromatic carboxylic acids is 1. The molecule has 0 fully saturated rings. The Kier molecular flexibility index (Phi) is 6.31. The highest BCUT2D eigenvalue weighted by Crippen LogP contribution is 2.32. The lowest BCUT2D eigenvalue weighted by Gasteiger charge is -2.13. The molecule has 34 heavy (non-hydrogen) atoms. The predicted molar refractivity (Wildman–Crippen MR) is 118 cm³/mol. The minimum atomic E-state index is -4.44. The molecule has 0 saturated carbocycles. The van der Waals surface area contributed by atoms with Crippen molar-refractivity contribution in [3.8, 4) is 11.4 Å². The Morgan fingerprint density at radius 1 is 1.12 bits per heavy atom. The molecule has 1 aromatic carbocycles. The maximum atomic E-state index is 12.9. The number of halogens is 4. The number of alkyl halides is 3. The maximum absolute atomic E-state index is 12.9. The van der Waals surface area contributed by atoms with Gasteiger partial charge in [0.25, 0.3) is 0 Å². The Hall–Kier alpha value is -3.83. The van der Waals surface area contributed by atoms with Crippen LogP contribution in [-0.2, 0) is 17.5 Å². The van der Waals surface area contributed by atoms with E-state index in [1.807, 2.05) is 0 Å². The van der Waals surface area contributed by atoms with E-state index < -0.39 is 17.7 Å². The third-order valence-electron chi connectivity index (χ3n) is 4.66. The quantitative estimate of drug-likeness (QED) is 0.373. The first-order valence-corrected chi connectivity index (χ1v) is 10.0. The summed E-state index contributed by atoms with van der Waals surface area (Å²) in [7, 11) is 1.48. The molecular weight excluding hydrogens is 475 g/mol. The summed E-state index contributed by atoms with van der Waals surface area (Å²) in [6, 6.07) is 8.84. The fraction of sp³-hybridized carbons (Fsp3) is 0.136. The number of pyridine rings is 2. The molecule has 0 aliphatic heterocycles. The van der Waals surface area contributed by atoms with Gasteiger partial charge in [-0.3, -0.25) is 0 Å². The van der Waals surface area contributed by atoms with Gasteiger partial charge >= 0.3 is 12.1 Å². The number of hydrogen-bond acceptors (Lipinski definition) is 7. The second kappa shape index (κ2) is 9.20. The molecule has 3 aromatic heterocycles. The monoisotopic (exact) mass is 489 g/mol. The summed E-state index contributed by atoms with van der Waals surface area (Å²) in [4.78, 5) is 28.5. The lowest BCUT2D eigenvalue weighted by atomic mass is 10.2. The molecule has 0 bridgehead atoms. The number of hydrogen-bond donors (Lipinski definition) is 2. The molecule has 174 valence electrons. The van der Waals surface area contributed by atoms with Crippen LogP contribution in [0.15, 0.2) is 48.7 Å². The van der Waals surface area contributed by atoms with E-state index in [2.05, 4.69) is 25.3 Å². The number of nitrogens with one attached hydrogen (secondary N) is 1. The number of fused-ring (bicyclic) bond motifs is 1. The van der Waals surface area contributed by atoms with E-state index in [-0.39, 0.29) is 34.4 Å². The zero-order valence-corrected chi connectivity index (χ0v) is 18.1. The molecule has 12 heteroatoms. The molecule has 0 radical (unpaired) electrons. The van der Waals surface area contributed by atoms with Crippen LogP contribution in [0.2, 0.25) is 5.02 Å². The standard InChI is InChI=1S/C22H15ClF3N5O3/c1-34-10-13-8-16(28-12-4-2-11(3-5-12)22(24,25)26)19-20(29-13)31-17(9-27-19)18-14(23)6-7-15(30-18)21(32)33/h2-9H,10H2,1H3,(H,32,33)(H,28,29,31). The van der Waals surface area contributed by atoms with Crippen molar-refractivity contribution in [1.29, 1.82) is 0 Å². The molecule has 0 spiro atoms. The SMILES string of the molecule is COCc1cc(Nc2ccc(C(F)(F)F)cc2)c2ncc(-c3nc(C(=O)O)ccc3Cl)nc2n1. The van der Waals surface area contributed by atoms with Crippen LogP contribution in [-0.4, -0.2) is 38.1 Å². The molecule has 0 unspecified atom stereocenters. The van der Waals surface area contributed by atoms with Crippen LogP contribution in [0.25, 0.3) is 22.6 Å². The number of carbonyl (C=O) groups is 1. The Balaban J connectivity index is 1.78. The number of aromatic nitrogens is 4. The molecule has 3 heterocycles. The molecule has 0 aliphatic carbocycles. The minimum Gasteiger partial charge on any atom is -0.477 e. The average molecular weight is 490 g/mol. The number of methoxy groups -OCH3 is 1. The highest BCUT2D eigenvalue weighted by atomic mass is 35.5. The van der Waals surface area contributed by atoms with Gasteiger partial charge in [0.05, 0.1) is 34.8 Å². The molecule has 0 atom stereocenters. The first kappa shape index (κ1) is 23.3. The summed E-state index contributed by atoms with van der Waals surface area (Å²) in [6.07, 6.45) is -3.08. The summed E-state index contributed by atoms with van der Waals surface area (Å²) < 4.78 is 43.7. The van der Waals surface area contributed by atoms with E-state index in [1.54, 1.807) is 6.07 Å². The number of ether oxygens (including phenoxy) is 1. The molecule has 0 saturated heterocycles. The van der Waals surface area contributed by atoms with Crippen molar-refractivity contribution in [2.24, 2.45) is 0 Å². The van der Waals surface area contributed by atoms with E-state index in [0.717, 1.165) is 12.1 Å². The molecular formula is C22H15ClF3N5O3. The molecule has 4 aromatic rings. The summed E-state index contributed by atoms with van der Waals surface area (Å²) in [5, 5.41) is 12.4. The van der Waals surface area contributed by atoms with Crippen LogP contribution in [0, 0.1) is 0 Å². The van der Waals surface area contributed by atoms with Crippen molar-refractivity contribution in [3.63, 3.8) is 0 Å². The van der Waals surface area contributed by atoms with Crippen LogP contribution in [0.1, 0.15) is 21.7 Å². The smallest absolute Gasteiger partial charge is 0.416 e. The fourth-order valence-electron chi connectivity index (χ4n) is 3.12. The maximum Gasteiger partial charge on any atom is 0.416 e. The third kappa shape index (κ3) is 4.90. The molecule has 2 N–H and O–H groups in total. The molecule has 8 nitrogen and oxygen atoms in total. The Bertz CT molecular complexity index is 1380. The van der Waals surface area contributed by atoms with Gasteiger partial charge in [-0.15, -0.1) is 0 Å². The van der Waals surface area contributed by atoms with Gasteiger partial charge in [-0.2, -0.15) is 13.2 Å². The van der Waals surface area contributed by atoms with Crippen LogP contribution >= 0.6 is 11.6 Å². The van der Waals surface area contributed by atoms with Gasteiger partial charge in [-0.05, 0) is 42.5 Å². The van der Waals surface area contributed by atoms with Crippen molar-refractivity contribution in [2.75, 3.05) is 12.4 Å². The predicted octanol–water partition coefficient (Wildman–Crippen LogP) is 5.35. The zero-order valence-electron chi connectivity index (χ0n) is 17.4. The van der Waals surface area contributed by atoms with Gasteiger partial charge < -0.3 is 15.2 Å². The van der Waals surface area contributed by atoms with Crippen molar-refractivity contribution in [2.45, 2.75) is 12.8 Å². The number of carboxylic acid groups (broad SMARTS) is 1. The largest absolute Gasteiger partial charge is 0.477 e. The van der Waals surface area contributed by atoms with Crippen LogP contribution < -0.4 is 5.32 Å². The van der Waals surface area contributed by atoms with Gasteiger partial charge in [0, 0.05) is 12.8 Å². The Morgan fingerprint density at radius 2 is 1.85 bits per heavy atom. The highest BCUT2D eigenvalue weighted by molar-refractivity contribution is 6.33. The van der Waals surface area contributed by atoms with Gasteiger partial charge in [0.15, 0.2) is 5.65 Å². The van der Waals surface area contributed by atoms with E-state index in [0.29, 0.717) is 22.6 Å². The second-order valence-corrected chi connectivity index (χ2v) is 7.46. The normalized spacial score (nSPS) is 11.6. The summed E-state index contributed by atoms with van der Waals surface area (Å²) in [6.45, 7) is 0.136. The summed E-state index contributed by atoms with van der Waals surface area (Å²) in [5.74, 6) is -1.23. The Labute approximate surface area is 195 Å². The lowest BCUT2D eigenvalue weighted by Crippen LogP contribution is -2.05. The molecule has 4 rings (SSSR count). The Morgan fingerprint density at radius 3 is 2.50 bits per heavy atom. The number of rotatable bonds is 6. The number of benzene rings is 1. The van der Waals surface area contributed by atoms with Crippen LogP contribution in [0.4, 0.5) is 24.5 Å². The first-order chi connectivity index (χ1) is 16.2. The van der Waals surface area contributed by atoms with Gasteiger partial charge in [0.2, 0.25) is 0 Å². The molecule has 0 aliphatic rings. The summed E-state index contributed by atoms with van der Waals surface area (Å²) >= 11 is 6.19. The molecule has 0 amide bonds. The van der Waals surface area contributed by atoms with E-state index in [4.69, 9.17) is 16.3 Å². The van der Waals surface area contributed by atoms with Crippen molar-refractivity contribution in [1.82, 2.24) is 19.9 Å². The van der Waals surface area contributed by atoms with Crippen molar-refractivity contribution >= 4 is 40.1 Å². The number of anilines is 2. The van der Waals surface area contributed by atoms with E-state index >= 15 is 0 Å².